The van der Waals surface area contributed by atoms with Gasteiger partial charge >= 0.3 is 0 Å². The lowest BCUT2D eigenvalue weighted by Crippen LogP contribution is -2.41. The van der Waals surface area contributed by atoms with Gasteiger partial charge < -0.3 is 10.2 Å². The minimum atomic E-state index is -0.0876. The van der Waals surface area contributed by atoms with Crippen LogP contribution in [-0.2, 0) is 4.79 Å². The number of rotatable bonds is 4. The minimum absolute atomic E-state index is 0.0197. The van der Waals surface area contributed by atoms with Crippen LogP contribution in [0, 0.1) is 26.7 Å². The van der Waals surface area contributed by atoms with E-state index < -0.39 is 0 Å². The molecular formula is C19H23N7OS. The molecule has 1 N–H and O–H groups in total. The first-order valence-corrected chi connectivity index (χ1v) is 10.2. The van der Waals surface area contributed by atoms with Crippen molar-refractivity contribution in [1.29, 1.82) is 0 Å². The highest BCUT2D eigenvalue weighted by Crippen LogP contribution is 2.24. The van der Waals surface area contributed by atoms with Crippen molar-refractivity contribution in [3.05, 3.63) is 40.7 Å². The van der Waals surface area contributed by atoms with Crippen LogP contribution in [0.1, 0.15) is 29.9 Å². The summed E-state index contributed by atoms with van der Waals surface area (Å²) in [6, 6.07) is 5.88. The van der Waals surface area contributed by atoms with Crippen molar-refractivity contribution in [2.75, 3.05) is 23.3 Å². The zero-order valence-electron chi connectivity index (χ0n) is 16.2. The largest absolute Gasteiger partial charge is 0.354 e. The van der Waals surface area contributed by atoms with Gasteiger partial charge in [0, 0.05) is 24.2 Å². The van der Waals surface area contributed by atoms with Gasteiger partial charge in [0.25, 0.3) is 0 Å². The summed E-state index contributed by atoms with van der Waals surface area (Å²) in [4.78, 5) is 19.0. The molecule has 0 aliphatic carbocycles. The van der Waals surface area contributed by atoms with E-state index in [9.17, 15) is 4.79 Å². The number of carbonyl (C=O) groups excluding carboxylic acids is 1. The van der Waals surface area contributed by atoms with Crippen molar-refractivity contribution in [2.24, 2.45) is 5.92 Å². The number of hydrogen-bond donors (Lipinski definition) is 1. The second-order valence-corrected chi connectivity index (χ2v) is 8.02. The summed E-state index contributed by atoms with van der Waals surface area (Å²) in [7, 11) is 0. The van der Waals surface area contributed by atoms with E-state index in [0.29, 0.717) is 17.5 Å². The number of thiazole rings is 1. The molecule has 0 spiro atoms. The van der Waals surface area contributed by atoms with Crippen LogP contribution in [0.5, 0.6) is 0 Å². The van der Waals surface area contributed by atoms with Gasteiger partial charge in [-0.1, -0.05) is 0 Å². The fourth-order valence-corrected chi connectivity index (χ4v) is 4.17. The summed E-state index contributed by atoms with van der Waals surface area (Å²) in [5.41, 5.74) is 2.89. The second kappa shape index (κ2) is 7.67. The van der Waals surface area contributed by atoms with E-state index in [0.717, 1.165) is 42.3 Å². The van der Waals surface area contributed by atoms with Crippen molar-refractivity contribution in [3.63, 3.8) is 0 Å². The number of nitrogens with zero attached hydrogens (tertiary/aromatic N) is 6. The fourth-order valence-electron chi connectivity index (χ4n) is 3.48. The van der Waals surface area contributed by atoms with E-state index in [1.165, 1.54) is 11.3 Å². The van der Waals surface area contributed by atoms with Crippen molar-refractivity contribution in [2.45, 2.75) is 33.6 Å². The predicted molar refractivity (Wildman–Crippen MR) is 109 cm³/mol. The van der Waals surface area contributed by atoms with Gasteiger partial charge in [0.1, 0.15) is 0 Å². The molecule has 0 bridgehead atoms. The standard InChI is InChI=1S/C19H23N7OS/c1-12-9-14(3)26(24-12)17-7-6-16(22-23-17)25-8-4-5-15(10-25)18(27)21-19-20-13(2)11-28-19/h6-7,9,11,15H,4-5,8,10H2,1-3H3,(H,20,21,27). The number of hydrogen-bond acceptors (Lipinski definition) is 7. The van der Waals surface area contributed by atoms with Crippen molar-refractivity contribution >= 4 is 28.2 Å². The summed E-state index contributed by atoms with van der Waals surface area (Å²) in [5.74, 6) is 1.41. The Kier molecular flexibility index (Phi) is 5.08. The molecule has 146 valence electrons. The van der Waals surface area contributed by atoms with Crippen LogP contribution in [0.25, 0.3) is 5.82 Å². The van der Waals surface area contributed by atoms with Crippen molar-refractivity contribution < 1.29 is 4.79 Å². The number of nitrogens with one attached hydrogen (secondary N) is 1. The highest BCUT2D eigenvalue weighted by Gasteiger charge is 2.27. The molecule has 4 heterocycles. The third-order valence-electron chi connectivity index (χ3n) is 4.83. The molecule has 3 aromatic heterocycles. The van der Waals surface area contributed by atoms with Crippen molar-refractivity contribution in [3.8, 4) is 5.82 Å². The van der Waals surface area contributed by atoms with Gasteiger partial charge in [-0.25, -0.2) is 9.67 Å². The monoisotopic (exact) mass is 397 g/mol. The summed E-state index contributed by atoms with van der Waals surface area (Å²) in [6.45, 7) is 7.37. The predicted octanol–water partition coefficient (Wildman–Crippen LogP) is 2.90. The summed E-state index contributed by atoms with van der Waals surface area (Å²) in [6.07, 6.45) is 1.81. The molecular weight excluding hydrogens is 374 g/mol. The quantitative estimate of drug-likeness (QED) is 0.728. The van der Waals surface area contributed by atoms with E-state index in [2.05, 4.69) is 30.5 Å². The zero-order valence-corrected chi connectivity index (χ0v) is 17.0. The average Bonchev–Trinajstić information content (AvgIpc) is 3.26. The molecule has 3 aromatic rings. The summed E-state index contributed by atoms with van der Waals surface area (Å²) in [5, 5.41) is 18.7. The topological polar surface area (TPSA) is 88.8 Å². The number of amides is 1. The van der Waals surface area contributed by atoms with E-state index in [4.69, 9.17) is 0 Å². The molecule has 8 nitrogen and oxygen atoms in total. The Balaban J connectivity index is 1.44. The maximum absolute atomic E-state index is 12.6. The Morgan fingerprint density at radius 1 is 1.18 bits per heavy atom. The molecule has 0 aromatic carbocycles. The molecule has 1 amide bonds. The molecule has 0 saturated carbocycles. The Morgan fingerprint density at radius 2 is 1.96 bits per heavy atom. The molecule has 9 heteroatoms. The average molecular weight is 398 g/mol. The number of piperidine rings is 1. The first kappa shape index (κ1) is 18.5. The molecule has 1 atom stereocenters. The molecule has 1 aliphatic heterocycles. The summed E-state index contributed by atoms with van der Waals surface area (Å²) >= 11 is 1.45. The van der Waals surface area contributed by atoms with E-state index in [1.54, 1.807) is 4.68 Å². The molecule has 1 fully saturated rings. The van der Waals surface area contributed by atoms with Crippen LogP contribution in [-0.4, -0.2) is 44.0 Å². The van der Waals surface area contributed by atoms with Crippen molar-refractivity contribution in [1.82, 2.24) is 25.0 Å². The number of carbonyl (C=O) groups is 1. The number of aromatic nitrogens is 5. The lowest BCUT2D eigenvalue weighted by atomic mass is 9.97. The van der Waals surface area contributed by atoms with Gasteiger partial charge in [-0.3, -0.25) is 4.79 Å². The van der Waals surface area contributed by atoms with Gasteiger partial charge in [0.05, 0.1) is 17.3 Å². The van der Waals surface area contributed by atoms with Crippen LogP contribution in [0.3, 0.4) is 0 Å². The molecule has 1 saturated heterocycles. The first-order chi connectivity index (χ1) is 13.5. The maximum Gasteiger partial charge on any atom is 0.231 e. The smallest absolute Gasteiger partial charge is 0.231 e. The molecule has 4 rings (SSSR count). The Labute approximate surface area is 167 Å². The van der Waals surface area contributed by atoms with Crippen LogP contribution >= 0.6 is 11.3 Å². The lowest BCUT2D eigenvalue weighted by molar-refractivity contribution is -0.120. The van der Waals surface area contributed by atoms with Crippen LogP contribution in [0.2, 0.25) is 0 Å². The Bertz CT molecular complexity index is 979. The normalized spacial score (nSPS) is 17.0. The van der Waals surface area contributed by atoms with E-state index in [1.807, 2.05) is 44.4 Å². The second-order valence-electron chi connectivity index (χ2n) is 7.16. The van der Waals surface area contributed by atoms with Gasteiger partial charge in [0.15, 0.2) is 16.8 Å². The third kappa shape index (κ3) is 3.89. The maximum atomic E-state index is 12.6. The van der Waals surface area contributed by atoms with Crippen LogP contribution < -0.4 is 10.2 Å². The molecule has 0 radical (unpaired) electrons. The molecule has 1 aliphatic rings. The highest BCUT2D eigenvalue weighted by molar-refractivity contribution is 7.13. The Morgan fingerprint density at radius 3 is 2.61 bits per heavy atom. The highest BCUT2D eigenvalue weighted by atomic mass is 32.1. The van der Waals surface area contributed by atoms with Crippen LogP contribution in [0.4, 0.5) is 10.9 Å². The van der Waals surface area contributed by atoms with Gasteiger partial charge in [0.2, 0.25) is 5.91 Å². The van der Waals surface area contributed by atoms with E-state index >= 15 is 0 Å². The zero-order chi connectivity index (χ0) is 19.7. The third-order valence-corrected chi connectivity index (χ3v) is 5.70. The minimum Gasteiger partial charge on any atom is -0.354 e. The first-order valence-electron chi connectivity index (χ1n) is 9.35. The molecule has 1 unspecified atom stereocenters. The summed E-state index contributed by atoms with van der Waals surface area (Å²) < 4.78 is 1.79. The van der Waals surface area contributed by atoms with E-state index in [-0.39, 0.29) is 11.8 Å². The lowest BCUT2D eigenvalue weighted by Gasteiger charge is -2.32. The number of aryl methyl sites for hydroxylation is 3. The fraction of sp³-hybridized carbons (Fsp3) is 0.421. The Hall–Kier alpha value is -2.81. The molecule has 28 heavy (non-hydrogen) atoms. The number of anilines is 2. The van der Waals surface area contributed by atoms with Gasteiger partial charge in [-0.15, -0.1) is 21.5 Å². The van der Waals surface area contributed by atoms with Gasteiger partial charge in [-0.05, 0) is 51.8 Å². The van der Waals surface area contributed by atoms with Crippen LogP contribution in [0.15, 0.2) is 23.6 Å². The van der Waals surface area contributed by atoms with Gasteiger partial charge in [-0.2, -0.15) is 5.10 Å². The SMILES string of the molecule is Cc1csc(NC(=O)C2CCCN(c3ccc(-n4nc(C)cc4C)nn3)C2)n1.